The SMILES string of the molecule is CC1C(=O)N2CCCCC2C(=O)N1C1CCOCC1. The summed E-state index contributed by atoms with van der Waals surface area (Å²) in [5.41, 5.74) is 0. The fourth-order valence-electron chi connectivity index (χ4n) is 3.63. The van der Waals surface area contributed by atoms with Crippen molar-refractivity contribution < 1.29 is 14.3 Å². The van der Waals surface area contributed by atoms with Gasteiger partial charge in [0, 0.05) is 25.8 Å². The van der Waals surface area contributed by atoms with Gasteiger partial charge in [-0.1, -0.05) is 0 Å². The Morgan fingerprint density at radius 3 is 2.53 bits per heavy atom. The second kappa shape index (κ2) is 5.12. The van der Waals surface area contributed by atoms with Crippen LogP contribution in [0.4, 0.5) is 0 Å². The molecule has 0 bridgehead atoms. The normalized spacial score (nSPS) is 33.5. The molecule has 3 heterocycles. The molecule has 5 heteroatoms. The van der Waals surface area contributed by atoms with Gasteiger partial charge in [-0.15, -0.1) is 0 Å². The number of carbonyl (C=O) groups is 2. The van der Waals surface area contributed by atoms with Crippen molar-refractivity contribution in [2.45, 2.75) is 57.2 Å². The van der Waals surface area contributed by atoms with Gasteiger partial charge < -0.3 is 14.5 Å². The first kappa shape index (κ1) is 12.9. The number of piperazine rings is 1. The Balaban J connectivity index is 1.83. The molecule has 0 radical (unpaired) electrons. The Labute approximate surface area is 113 Å². The molecule has 0 aromatic rings. The number of hydrogen-bond acceptors (Lipinski definition) is 3. The van der Waals surface area contributed by atoms with E-state index in [1.54, 1.807) is 0 Å². The van der Waals surface area contributed by atoms with E-state index in [1.165, 1.54) is 0 Å². The van der Waals surface area contributed by atoms with Crippen LogP contribution < -0.4 is 0 Å². The standard InChI is InChI=1S/C14H22N2O3/c1-10-13(17)15-7-3-2-4-12(15)14(18)16(10)11-5-8-19-9-6-11/h10-12H,2-9H2,1H3. The average Bonchev–Trinajstić information content (AvgIpc) is 2.46. The molecule has 0 aromatic carbocycles. The Kier molecular flexibility index (Phi) is 3.48. The summed E-state index contributed by atoms with van der Waals surface area (Å²) in [4.78, 5) is 28.8. The number of ether oxygens (including phenoxy) is 1. The molecule has 106 valence electrons. The second-order valence-corrected chi connectivity index (χ2v) is 5.81. The molecule has 3 aliphatic heterocycles. The summed E-state index contributed by atoms with van der Waals surface area (Å²) in [6.45, 7) is 4.02. The summed E-state index contributed by atoms with van der Waals surface area (Å²) in [6, 6.07) is -0.311. The van der Waals surface area contributed by atoms with E-state index in [9.17, 15) is 9.59 Å². The Morgan fingerprint density at radius 2 is 1.79 bits per heavy atom. The molecule has 2 unspecified atom stereocenters. The number of rotatable bonds is 1. The first-order chi connectivity index (χ1) is 9.20. The highest BCUT2D eigenvalue weighted by atomic mass is 16.5. The van der Waals surface area contributed by atoms with Crippen molar-refractivity contribution >= 4 is 11.8 Å². The van der Waals surface area contributed by atoms with E-state index < -0.39 is 0 Å². The zero-order chi connectivity index (χ0) is 13.4. The minimum atomic E-state index is -0.301. The zero-order valence-electron chi connectivity index (χ0n) is 11.5. The van der Waals surface area contributed by atoms with Crippen LogP contribution in [0.25, 0.3) is 0 Å². The van der Waals surface area contributed by atoms with Gasteiger partial charge >= 0.3 is 0 Å². The maximum atomic E-state index is 12.7. The highest BCUT2D eigenvalue weighted by Gasteiger charge is 2.46. The summed E-state index contributed by atoms with van der Waals surface area (Å²) >= 11 is 0. The minimum absolute atomic E-state index is 0.135. The third kappa shape index (κ3) is 2.14. The largest absolute Gasteiger partial charge is 0.381 e. The van der Waals surface area contributed by atoms with Gasteiger partial charge in [-0.05, 0) is 39.0 Å². The van der Waals surface area contributed by atoms with E-state index in [-0.39, 0.29) is 29.9 Å². The minimum Gasteiger partial charge on any atom is -0.381 e. The van der Waals surface area contributed by atoms with E-state index in [1.807, 2.05) is 16.7 Å². The van der Waals surface area contributed by atoms with Crippen LogP contribution in [0, 0.1) is 0 Å². The van der Waals surface area contributed by atoms with E-state index >= 15 is 0 Å². The molecular weight excluding hydrogens is 244 g/mol. The van der Waals surface area contributed by atoms with Gasteiger partial charge in [0.25, 0.3) is 0 Å². The lowest BCUT2D eigenvalue weighted by Gasteiger charge is -2.49. The molecule has 3 fully saturated rings. The molecule has 2 atom stereocenters. The molecule has 0 aliphatic carbocycles. The molecule has 3 saturated heterocycles. The maximum Gasteiger partial charge on any atom is 0.246 e. The zero-order valence-corrected chi connectivity index (χ0v) is 11.5. The quantitative estimate of drug-likeness (QED) is 0.704. The first-order valence-electron chi connectivity index (χ1n) is 7.40. The maximum absolute atomic E-state index is 12.7. The van der Waals surface area contributed by atoms with Crippen LogP contribution in [0.2, 0.25) is 0 Å². The molecule has 2 amide bonds. The van der Waals surface area contributed by atoms with Crippen LogP contribution in [0.3, 0.4) is 0 Å². The van der Waals surface area contributed by atoms with Crippen LogP contribution in [0.1, 0.15) is 39.0 Å². The molecule has 0 aromatic heterocycles. The van der Waals surface area contributed by atoms with E-state index in [0.717, 1.165) is 38.6 Å². The van der Waals surface area contributed by atoms with Gasteiger partial charge in [-0.3, -0.25) is 9.59 Å². The summed E-state index contributed by atoms with van der Waals surface area (Å²) < 4.78 is 5.36. The van der Waals surface area contributed by atoms with Gasteiger partial charge in [-0.2, -0.15) is 0 Å². The van der Waals surface area contributed by atoms with Crippen molar-refractivity contribution in [1.29, 1.82) is 0 Å². The predicted molar refractivity (Wildman–Crippen MR) is 69.5 cm³/mol. The first-order valence-corrected chi connectivity index (χ1v) is 7.40. The number of hydrogen-bond donors (Lipinski definition) is 0. The lowest BCUT2D eigenvalue weighted by molar-refractivity contribution is -0.167. The number of carbonyl (C=O) groups excluding carboxylic acids is 2. The van der Waals surface area contributed by atoms with Gasteiger partial charge in [0.15, 0.2) is 0 Å². The van der Waals surface area contributed by atoms with Crippen LogP contribution in [0.5, 0.6) is 0 Å². The average molecular weight is 266 g/mol. The fraction of sp³-hybridized carbons (Fsp3) is 0.857. The summed E-state index contributed by atoms with van der Waals surface area (Å²) in [5.74, 6) is 0.300. The smallest absolute Gasteiger partial charge is 0.246 e. The summed E-state index contributed by atoms with van der Waals surface area (Å²) in [5, 5.41) is 0. The van der Waals surface area contributed by atoms with Crippen LogP contribution >= 0.6 is 0 Å². The highest BCUT2D eigenvalue weighted by molar-refractivity contribution is 5.97. The Hall–Kier alpha value is -1.10. The monoisotopic (exact) mass is 266 g/mol. The highest BCUT2D eigenvalue weighted by Crippen LogP contribution is 2.29. The lowest BCUT2D eigenvalue weighted by atomic mass is 9.93. The van der Waals surface area contributed by atoms with Crippen molar-refractivity contribution in [3.05, 3.63) is 0 Å². The van der Waals surface area contributed by atoms with Gasteiger partial charge in [0.2, 0.25) is 11.8 Å². The molecule has 3 aliphatic rings. The van der Waals surface area contributed by atoms with Crippen molar-refractivity contribution in [3.63, 3.8) is 0 Å². The third-order valence-electron chi connectivity index (χ3n) is 4.68. The van der Waals surface area contributed by atoms with Gasteiger partial charge in [-0.25, -0.2) is 0 Å². The Morgan fingerprint density at radius 1 is 1.05 bits per heavy atom. The van der Waals surface area contributed by atoms with E-state index in [2.05, 4.69) is 0 Å². The van der Waals surface area contributed by atoms with Gasteiger partial charge in [0.05, 0.1) is 0 Å². The second-order valence-electron chi connectivity index (χ2n) is 5.81. The number of amides is 2. The lowest BCUT2D eigenvalue weighted by Crippen LogP contribution is -2.67. The topological polar surface area (TPSA) is 49.9 Å². The number of fused-ring (bicyclic) bond motifs is 1. The molecule has 3 rings (SSSR count). The Bertz CT molecular complexity index is 379. The molecule has 5 nitrogen and oxygen atoms in total. The van der Waals surface area contributed by atoms with Crippen molar-refractivity contribution in [3.8, 4) is 0 Å². The van der Waals surface area contributed by atoms with Crippen LogP contribution in [0.15, 0.2) is 0 Å². The molecule has 19 heavy (non-hydrogen) atoms. The summed E-state index contributed by atoms with van der Waals surface area (Å²) in [6.07, 6.45) is 4.62. The molecule has 0 spiro atoms. The number of piperidine rings is 1. The predicted octanol–water partition coefficient (Wildman–Crippen LogP) is 0.777. The molecule has 0 N–H and O–H groups in total. The number of nitrogens with zero attached hydrogens (tertiary/aromatic N) is 2. The van der Waals surface area contributed by atoms with Gasteiger partial charge in [0.1, 0.15) is 12.1 Å². The fourth-order valence-corrected chi connectivity index (χ4v) is 3.63. The van der Waals surface area contributed by atoms with Crippen molar-refractivity contribution in [2.24, 2.45) is 0 Å². The van der Waals surface area contributed by atoms with E-state index in [4.69, 9.17) is 4.74 Å². The van der Waals surface area contributed by atoms with Crippen molar-refractivity contribution in [1.82, 2.24) is 9.80 Å². The van der Waals surface area contributed by atoms with Crippen LogP contribution in [-0.2, 0) is 14.3 Å². The van der Waals surface area contributed by atoms with Crippen LogP contribution in [-0.4, -0.2) is 59.5 Å². The molecule has 0 saturated carbocycles. The molecular formula is C14H22N2O3. The summed E-state index contributed by atoms with van der Waals surface area (Å²) in [7, 11) is 0. The third-order valence-corrected chi connectivity index (χ3v) is 4.68. The van der Waals surface area contributed by atoms with E-state index in [0.29, 0.717) is 13.2 Å². The van der Waals surface area contributed by atoms with Crippen molar-refractivity contribution in [2.75, 3.05) is 19.8 Å².